The number of rotatable bonds is 4. The monoisotopic (exact) mass is 298 g/mol. The second-order valence-corrected chi connectivity index (χ2v) is 4.96. The molecule has 0 aromatic heterocycles. The van der Waals surface area contributed by atoms with Gasteiger partial charge < -0.3 is 14.8 Å². The number of hydrogen-bond donors (Lipinski definition) is 1. The molecule has 22 heavy (non-hydrogen) atoms. The van der Waals surface area contributed by atoms with Gasteiger partial charge in [-0.05, 0) is 42.3 Å². The second kappa shape index (κ2) is 6.35. The van der Waals surface area contributed by atoms with Crippen LogP contribution in [0.4, 0.5) is 10.1 Å². The molecule has 0 radical (unpaired) electrons. The molecule has 2 aromatic carbocycles. The smallest absolute Gasteiger partial charge is 0.161 e. The van der Waals surface area contributed by atoms with E-state index in [0.29, 0.717) is 31.0 Å². The van der Waals surface area contributed by atoms with E-state index in [0.717, 1.165) is 23.5 Å². The lowest BCUT2D eigenvalue weighted by Crippen LogP contribution is -2.15. The topological polar surface area (TPSA) is 54.3 Å². The lowest BCUT2D eigenvalue weighted by Gasteiger charge is -2.19. The lowest BCUT2D eigenvalue weighted by molar-refractivity contribution is 0.171. The third kappa shape index (κ3) is 3.12. The lowest BCUT2D eigenvalue weighted by atomic mass is 10.1. The first-order valence-electron chi connectivity index (χ1n) is 7.08. The fourth-order valence-electron chi connectivity index (χ4n) is 2.31. The van der Waals surface area contributed by atoms with Crippen LogP contribution in [0.15, 0.2) is 36.4 Å². The van der Waals surface area contributed by atoms with Crippen molar-refractivity contribution in [1.82, 2.24) is 0 Å². The maximum absolute atomic E-state index is 13.7. The van der Waals surface area contributed by atoms with Gasteiger partial charge in [0.05, 0.1) is 17.3 Å². The van der Waals surface area contributed by atoms with Crippen LogP contribution < -0.4 is 14.8 Å². The van der Waals surface area contributed by atoms with E-state index in [1.807, 2.05) is 24.3 Å². The highest BCUT2D eigenvalue weighted by Gasteiger charge is 2.11. The first-order chi connectivity index (χ1) is 10.8. The predicted molar refractivity (Wildman–Crippen MR) is 80.7 cm³/mol. The number of fused-ring (bicyclic) bond motifs is 1. The Balaban J connectivity index is 1.60. The van der Waals surface area contributed by atoms with E-state index in [1.165, 1.54) is 6.07 Å². The summed E-state index contributed by atoms with van der Waals surface area (Å²) in [4.78, 5) is 0. The van der Waals surface area contributed by atoms with E-state index in [2.05, 4.69) is 5.32 Å². The molecule has 0 bridgehead atoms. The van der Waals surface area contributed by atoms with Crippen molar-refractivity contribution < 1.29 is 13.9 Å². The molecule has 3 rings (SSSR count). The SMILES string of the molecule is N#Cc1ccc(NCCc2ccc3c(c2)OCCO3)c(F)c1. The minimum absolute atomic E-state index is 0.315. The standard InChI is InChI=1S/C17H15FN2O2/c18-14-9-13(11-19)1-3-15(14)20-6-5-12-2-4-16-17(10-12)22-8-7-21-16/h1-4,9-10,20H,5-8H2. The van der Waals surface area contributed by atoms with Gasteiger partial charge in [-0.15, -0.1) is 0 Å². The van der Waals surface area contributed by atoms with Crippen molar-refractivity contribution >= 4 is 5.69 Å². The zero-order chi connectivity index (χ0) is 15.4. The van der Waals surface area contributed by atoms with Crippen molar-refractivity contribution in [2.75, 3.05) is 25.1 Å². The molecule has 112 valence electrons. The van der Waals surface area contributed by atoms with Crippen LogP contribution in [0.1, 0.15) is 11.1 Å². The van der Waals surface area contributed by atoms with Gasteiger partial charge in [0.1, 0.15) is 19.0 Å². The Labute approximate surface area is 128 Å². The fourth-order valence-corrected chi connectivity index (χ4v) is 2.31. The minimum Gasteiger partial charge on any atom is -0.486 e. The molecule has 0 spiro atoms. The third-order valence-electron chi connectivity index (χ3n) is 3.43. The zero-order valence-electron chi connectivity index (χ0n) is 11.9. The van der Waals surface area contributed by atoms with Gasteiger partial charge in [-0.1, -0.05) is 6.07 Å². The van der Waals surface area contributed by atoms with Crippen LogP contribution in [0.3, 0.4) is 0 Å². The molecule has 0 unspecified atom stereocenters. The second-order valence-electron chi connectivity index (χ2n) is 4.96. The Morgan fingerprint density at radius 1 is 1.09 bits per heavy atom. The Morgan fingerprint density at radius 2 is 1.91 bits per heavy atom. The van der Waals surface area contributed by atoms with Gasteiger partial charge in [-0.3, -0.25) is 0 Å². The Morgan fingerprint density at radius 3 is 2.68 bits per heavy atom. The summed E-state index contributed by atoms with van der Waals surface area (Å²) < 4.78 is 24.7. The van der Waals surface area contributed by atoms with Crippen molar-refractivity contribution in [2.24, 2.45) is 0 Å². The van der Waals surface area contributed by atoms with Crippen molar-refractivity contribution in [1.29, 1.82) is 5.26 Å². The van der Waals surface area contributed by atoms with Crippen molar-refractivity contribution in [3.05, 3.63) is 53.3 Å². The highest BCUT2D eigenvalue weighted by Crippen LogP contribution is 2.30. The van der Waals surface area contributed by atoms with E-state index >= 15 is 0 Å². The van der Waals surface area contributed by atoms with Gasteiger partial charge in [0.15, 0.2) is 11.5 Å². The summed E-state index contributed by atoms with van der Waals surface area (Å²) in [6, 6.07) is 12.1. The first-order valence-corrected chi connectivity index (χ1v) is 7.08. The van der Waals surface area contributed by atoms with Crippen LogP contribution in [0.25, 0.3) is 0 Å². The number of ether oxygens (including phenoxy) is 2. The molecule has 0 atom stereocenters. The predicted octanol–water partition coefficient (Wildman–Crippen LogP) is 3.12. The van der Waals surface area contributed by atoms with E-state index in [1.54, 1.807) is 12.1 Å². The van der Waals surface area contributed by atoms with Gasteiger partial charge in [0.2, 0.25) is 0 Å². The summed E-state index contributed by atoms with van der Waals surface area (Å²) in [6.45, 7) is 1.72. The van der Waals surface area contributed by atoms with E-state index in [4.69, 9.17) is 14.7 Å². The summed E-state index contributed by atoms with van der Waals surface area (Å²) in [7, 11) is 0. The number of nitrogens with one attached hydrogen (secondary N) is 1. The normalized spacial score (nSPS) is 12.5. The summed E-state index contributed by atoms with van der Waals surface area (Å²) in [6.07, 6.45) is 0.732. The molecule has 1 aliphatic heterocycles. The maximum atomic E-state index is 13.7. The average molecular weight is 298 g/mol. The molecule has 1 aliphatic rings. The highest BCUT2D eigenvalue weighted by atomic mass is 19.1. The van der Waals surface area contributed by atoms with Gasteiger partial charge in [0, 0.05) is 6.54 Å². The number of nitriles is 1. The molecule has 0 saturated carbocycles. The van der Waals surface area contributed by atoms with Gasteiger partial charge in [-0.25, -0.2) is 4.39 Å². The van der Waals surface area contributed by atoms with Crippen LogP contribution in [-0.4, -0.2) is 19.8 Å². The van der Waals surface area contributed by atoms with Gasteiger partial charge in [0.25, 0.3) is 0 Å². The van der Waals surface area contributed by atoms with Crippen molar-refractivity contribution in [3.63, 3.8) is 0 Å². The first kappa shape index (κ1) is 14.2. The van der Waals surface area contributed by atoms with Crippen molar-refractivity contribution in [3.8, 4) is 17.6 Å². The number of anilines is 1. The largest absolute Gasteiger partial charge is 0.486 e. The van der Waals surface area contributed by atoms with E-state index in [-0.39, 0.29) is 0 Å². The van der Waals surface area contributed by atoms with E-state index < -0.39 is 5.82 Å². The Kier molecular flexibility index (Phi) is 4.10. The summed E-state index contributed by atoms with van der Waals surface area (Å²) in [5.41, 5.74) is 1.80. The van der Waals surface area contributed by atoms with Crippen LogP contribution in [-0.2, 0) is 6.42 Å². The molecule has 0 fully saturated rings. The number of nitrogens with zero attached hydrogens (tertiary/aromatic N) is 1. The highest BCUT2D eigenvalue weighted by molar-refractivity contribution is 5.49. The molecule has 0 aliphatic carbocycles. The summed E-state index contributed by atoms with van der Waals surface area (Å²) in [5.74, 6) is 1.11. The molecule has 1 N–H and O–H groups in total. The molecule has 0 amide bonds. The number of hydrogen-bond acceptors (Lipinski definition) is 4. The van der Waals surface area contributed by atoms with Crippen LogP contribution in [0.2, 0.25) is 0 Å². The Bertz CT molecular complexity index is 725. The van der Waals surface area contributed by atoms with E-state index in [9.17, 15) is 4.39 Å². The molecular formula is C17H15FN2O2. The molecular weight excluding hydrogens is 283 g/mol. The van der Waals surface area contributed by atoms with Crippen LogP contribution in [0.5, 0.6) is 11.5 Å². The van der Waals surface area contributed by atoms with Crippen LogP contribution in [0, 0.1) is 17.1 Å². The zero-order valence-corrected chi connectivity index (χ0v) is 11.9. The number of halogens is 1. The summed E-state index contributed by atoms with van der Waals surface area (Å²) >= 11 is 0. The fraction of sp³-hybridized carbons (Fsp3) is 0.235. The summed E-state index contributed by atoms with van der Waals surface area (Å²) in [5, 5.41) is 11.8. The third-order valence-corrected chi connectivity index (χ3v) is 3.43. The van der Waals surface area contributed by atoms with Gasteiger partial charge in [-0.2, -0.15) is 5.26 Å². The molecule has 2 aromatic rings. The number of benzene rings is 2. The van der Waals surface area contributed by atoms with Crippen molar-refractivity contribution in [2.45, 2.75) is 6.42 Å². The molecule has 0 saturated heterocycles. The quantitative estimate of drug-likeness (QED) is 0.942. The molecule has 4 nitrogen and oxygen atoms in total. The van der Waals surface area contributed by atoms with Crippen LogP contribution >= 0.6 is 0 Å². The molecule has 1 heterocycles. The Hall–Kier alpha value is -2.74. The minimum atomic E-state index is -0.416. The average Bonchev–Trinajstić information content (AvgIpc) is 2.56. The maximum Gasteiger partial charge on any atom is 0.161 e. The molecule has 5 heteroatoms. The van der Waals surface area contributed by atoms with Gasteiger partial charge >= 0.3 is 0 Å².